The number of fused-ring (bicyclic) bond motifs is 7. The van der Waals surface area contributed by atoms with Gasteiger partial charge < -0.3 is 4.57 Å². The van der Waals surface area contributed by atoms with E-state index in [2.05, 4.69) is 118 Å². The Morgan fingerprint density at radius 3 is 2.05 bits per heavy atom. The topological polar surface area (TPSA) is 4.93 Å². The third-order valence-electron chi connectivity index (χ3n) is 8.16. The van der Waals surface area contributed by atoms with E-state index < -0.39 is 0 Å². The molecule has 3 aromatic heterocycles. The molecule has 9 rings (SSSR count). The lowest BCUT2D eigenvalue weighted by Crippen LogP contribution is -2.58. The van der Waals surface area contributed by atoms with Gasteiger partial charge in [0.05, 0.1) is 5.52 Å². The molecule has 0 saturated carbocycles. The Morgan fingerprint density at radius 2 is 1.24 bits per heavy atom. The number of rotatable bonds is 2. The van der Waals surface area contributed by atoms with E-state index in [-0.39, 0.29) is 13.4 Å². The highest BCUT2D eigenvalue weighted by Crippen LogP contribution is 2.36. The lowest BCUT2D eigenvalue weighted by Gasteiger charge is -2.31. The molecule has 0 radical (unpaired) electrons. The van der Waals surface area contributed by atoms with Crippen molar-refractivity contribution in [1.82, 2.24) is 4.57 Å². The van der Waals surface area contributed by atoms with Crippen LogP contribution in [0.15, 0.2) is 124 Å². The molecule has 0 unspecified atom stereocenters. The molecule has 0 bridgehead atoms. The maximum Gasteiger partial charge on any atom is 0.259 e. The fourth-order valence-corrected chi connectivity index (χ4v) is 9.55. The van der Waals surface area contributed by atoms with E-state index in [1.165, 1.54) is 68.7 Å². The van der Waals surface area contributed by atoms with Crippen LogP contribution < -0.4 is 31.4 Å². The third-order valence-corrected chi connectivity index (χ3v) is 11.2. The summed E-state index contributed by atoms with van der Waals surface area (Å²) in [5, 5.41) is 7.10. The van der Waals surface area contributed by atoms with Gasteiger partial charge in [-0.15, -0.1) is 0 Å². The lowest BCUT2D eigenvalue weighted by atomic mass is 9.36. The zero-order valence-electron chi connectivity index (χ0n) is 20.3. The summed E-state index contributed by atoms with van der Waals surface area (Å²) in [5.74, 6) is 0. The second kappa shape index (κ2) is 8.03. The molecule has 0 aliphatic carbocycles. The normalized spacial score (nSPS) is 13.6. The summed E-state index contributed by atoms with van der Waals surface area (Å²) in [6, 6.07) is 38.8. The Labute approximate surface area is 233 Å². The highest BCUT2D eigenvalue weighted by atomic mass is 32.2. The molecule has 0 atom stereocenters. The van der Waals surface area contributed by atoms with Gasteiger partial charge in [0.25, 0.3) is 13.4 Å². The number of benzene rings is 4. The SMILES string of the molecule is c1csc(B2c3ccccc3Sc3cc4c(cc32)-n2c3ccccc3c3cccc(c32)B4c2cccs2)c1. The Morgan fingerprint density at radius 1 is 0.526 bits per heavy atom. The summed E-state index contributed by atoms with van der Waals surface area (Å²) in [5.41, 5.74) is 9.63. The van der Waals surface area contributed by atoms with Crippen LogP contribution in [0.5, 0.6) is 0 Å². The van der Waals surface area contributed by atoms with Gasteiger partial charge in [-0.1, -0.05) is 108 Å². The Hall–Kier alpha value is -3.44. The molecule has 0 saturated heterocycles. The highest BCUT2D eigenvalue weighted by molar-refractivity contribution is 8.00. The second-order valence-corrected chi connectivity index (χ2v) is 13.1. The maximum atomic E-state index is 2.55. The Kier molecular flexibility index (Phi) is 4.54. The third kappa shape index (κ3) is 2.86. The summed E-state index contributed by atoms with van der Waals surface area (Å²) in [4.78, 5) is 2.76. The zero-order valence-corrected chi connectivity index (χ0v) is 22.7. The van der Waals surface area contributed by atoms with Crippen LogP contribution in [0.3, 0.4) is 0 Å². The molecule has 1 nitrogen and oxygen atoms in total. The minimum atomic E-state index is 0.230. The lowest BCUT2D eigenvalue weighted by molar-refractivity contribution is 1.18. The van der Waals surface area contributed by atoms with Gasteiger partial charge >= 0.3 is 0 Å². The van der Waals surface area contributed by atoms with E-state index >= 15 is 0 Å². The van der Waals surface area contributed by atoms with Crippen molar-refractivity contribution in [3.63, 3.8) is 0 Å². The van der Waals surface area contributed by atoms with Gasteiger partial charge in [0.15, 0.2) is 0 Å². The molecule has 0 fully saturated rings. The summed E-state index contributed by atoms with van der Waals surface area (Å²) in [6.45, 7) is 0.483. The molecule has 2 aliphatic rings. The summed E-state index contributed by atoms with van der Waals surface area (Å²) < 4.78 is 5.37. The number of thiophene rings is 2. The minimum absolute atomic E-state index is 0.230. The summed E-state index contributed by atoms with van der Waals surface area (Å²) in [6.07, 6.45) is 0. The molecule has 4 aromatic carbocycles. The van der Waals surface area contributed by atoms with E-state index in [0.717, 1.165) is 0 Å². The highest BCUT2D eigenvalue weighted by Gasteiger charge is 2.38. The predicted molar refractivity (Wildman–Crippen MR) is 169 cm³/mol. The van der Waals surface area contributed by atoms with Gasteiger partial charge in [0.1, 0.15) is 0 Å². The molecule has 7 aromatic rings. The predicted octanol–water partition coefficient (Wildman–Crippen LogP) is 4.72. The average Bonchev–Trinajstić information content (AvgIpc) is 3.73. The van der Waals surface area contributed by atoms with Crippen molar-refractivity contribution in [2.45, 2.75) is 9.79 Å². The van der Waals surface area contributed by atoms with Crippen molar-refractivity contribution in [3.05, 3.63) is 114 Å². The van der Waals surface area contributed by atoms with E-state index in [4.69, 9.17) is 0 Å². The van der Waals surface area contributed by atoms with Gasteiger partial charge in [-0.3, -0.25) is 0 Å². The largest absolute Gasteiger partial charge is 0.310 e. The van der Waals surface area contributed by atoms with Crippen LogP contribution in [0.1, 0.15) is 0 Å². The molecule has 38 heavy (non-hydrogen) atoms. The first-order chi connectivity index (χ1) is 18.9. The molecule has 176 valence electrons. The van der Waals surface area contributed by atoms with Crippen LogP contribution in [-0.2, 0) is 0 Å². The smallest absolute Gasteiger partial charge is 0.259 e. The van der Waals surface area contributed by atoms with E-state index in [1.807, 2.05) is 34.4 Å². The van der Waals surface area contributed by atoms with Gasteiger partial charge in [-0.2, -0.15) is 22.7 Å². The van der Waals surface area contributed by atoms with E-state index in [0.29, 0.717) is 0 Å². The second-order valence-electron chi connectivity index (χ2n) is 10.1. The Balaban J connectivity index is 1.42. The standard InChI is InChI=1S/C32H19B2NS3/c1-3-12-26-20(8-1)21-9-5-11-23-32(21)35(26)27-18-25-29(19-24(27)34(23)31-15-7-17-37-31)38-28-13-4-2-10-22(28)33(25)30-14-6-16-36-30/h1-19H. The molecule has 0 amide bonds. The van der Waals surface area contributed by atoms with Crippen molar-refractivity contribution in [2.75, 3.05) is 0 Å². The van der Waals surface area contributed by atoms with Crippen LogP contribution in [-0.4, -0.2) is 18.0 Å². The quantitative estimate of drug-likeness (QED) is 0.290. The molecule has 0 spiro atoms. The monoisotopic (exact) mass is 535 g/mol. The Bertz CT molecular complexity index is 2020. The van der Waals surface area contributed by atoms with Crippen LogP contribution >= 0.6 is 34.4 Å². The average molecular weight is 535 g/mol. The zero-order chi connectivity index (χ0) is 24.8. The minimum Gasteiger partial charge on any atom is -0.310 e. The first-order valence-electron chi connectivity index (χ1n) is 12.9. The molecular weight excluding hydrogens is 516 g/mol. The number of hydrogen-bond donors (Lipinski definition) is 0. The van der Waals surface area contributed by atoms with E-state index in [9.17, 15) is 0 Å². The first-order valence-corrected chi connectivity index (χ1v) is 15.5. The van der Waals surface area contributed by atoms with Crippen LogP contribution in [0.2, 0.25) is 0 Å². The summed E-state index contributed by atoms with van der Waals surface area (Å²) >= 11 is 5.67. The maximum absolute atomic E-state index is 2.55. The van der Waals surface area contributed by atoms with Crippen LogP contribution in [0, 0.1) is 0 Å². The van der Waals surface area contributed by atoms with Crippen molar-refractivity contribution < 1.29 is 0 Å². The van der Waals surface area contributed by atoms with Crippen molar-refractivity contribution >= 4 is 101 Å². The van der Waals surface area contributed by atoms with Crippen molar-refractivity contribution in [2.24, 2.45) is 0 Å². The summed E-state index contributed by atoms with van der Waals surface area (Å²) in [7, 11) is 0. The van der Waals surface area contributed by atoms with E-state index in [1.54, 1.807) is 0 Å². The number of para-hydroxylation sites is 2. The number of nitrogens with zero attached hydrogens (tertiary/aromatic N) is 1. The molecule has 5 heterocycles. The van der Waals surface area contributed by atoms with Gasteiger partial charge in [-0.25, -0.2) is 0 Å². The van der Waals surface area contributed by atoms with Gasteiger partial charge in [0, 0.05) is 31.8 Å². The molecule has 0 N–H and O–H groups in total. The van der Waals surface area contributed by atoms with Gasteiger partial charge in [-0.05, 0) is 49.4 Å². The fraction of sp³-hybridized carbons (Fsp3) is 0. The van der Waals surface area contributed by atoms with Gasteiger partial charge in [0.2, 0.25) is 0 Å². The number of hydrogen-bond acceptors (Lipinski definition) is 3. The fourth-order valence-electron chi connectivity index (χ4n) is 6.66. The molecule has 6 heteroatoms. The van der Waals surface area contributed by atoms with Crippen molar-refractivity contribution in [1.29, 1.82) is 0 Å². The number of aromatic nitrogens is 1. The molecule has 2 aliphatic heterocycles. The first kappa shape index (κ1) is 21.5. The van der Waals surface area contributed by atoms with Crippen LogP contribution in [0.4, 0.5) is 0 Å². The van der Waals surface area contributed by atoms with Crippen LogP contribution in [0.25, 0.3) is 27.5 Å². The van der Waals surface area contributed by atoms with Crippen molar-refractivity contribution in [3.8, 4) is 5.69 Å². The molecular formula is C32H19B2NS3.